The minimum absolute atomic E-state index is 0.109. The third kappa shape index (κ3) is 4.25. The number of carbonyl (C=O) groups is 3. The van der Waals surface area contributed by atoms with E-state index in [1.165, 1.54) is 0 Å². The van der Waals surface area contributed by atoms with Crippen molar-refractivity contribution in [2.45, 2.75) is 36.8 Å². The van der Waals surface area contributed by atoms with Gasteiger partial charge in [0.2, 0.25) is 5.91 Å². The fourth-order valence-corrected chi connectivity index (χ4v) is 4.93. The van der Waals surface area contributed by atoms with Crippen LogP contribution in [0.2, 0.25) is 0 Å². The van der Waals surface area contributed by atoms with E-state index < -0.39 is 29.6 Å². The Morgan fingerprint density at radius 1 is 0.886 bits per heavy atom. The minimum Gasteiger partial charge on any atom is -0.480 e. The van der Waals surface area contributed by atoms with E-state index in [1.807, 2.05) is 36.4 Å². The Balaban J connectivity index is 1.31. The Hall–Kier alpha value is -4.13. The average molecular weight is 471 g/mol. The van der Waals surface area contributed by atoms with E-state index >= 15 is 0 Å². The van der Waals surface area contributed by atoms with Crippen LogP contribution in [-0.4, -0.2) is 35.2 Å². The molecule has 0 spiro atoms. The van der Waals surface area contributed by atoms with Gasteiger partial charge in [-0.1, -0.05) is 78.9 Å². The maximum atomic E-state index is 13.1. The maximum Gasteiger partial charge on any atom is 0.408 e. The summed E-state index contributed by atoms with van der Waals surface area (Å²) in [6, 6.07) is 23.7. The fourth-order valence-electron chi connectivity index (χ4n) is 4.93. The molecule has 1 atom stereocenters. The second-order valence-corrected chi connectivity index (χ2v) is 9.04. The van der Waals surface area contributed by atoms with E-state index in [2.05, 4.69) is 22.8 Å². The van der Waals surface area contributed by atoms with E-state index in [4.69, 9.17) is 4.74 Å². The Kier molecular flexibility index (Phi) is 5.99. The van der Waals surface area contributed by atoms with E-state index in [9.17, 15) is 19.5 Å². The van der Waals surface area contributed by atoms with E-state index in [0.29, 0.717) is 18.4 Å². The Morgan fingerprint density at radius 3 is 2.00 bits per heavy atom. The zero-order valence-electron chi connectivity index (χ0n) is 19.1. The monoisotopic (exact) mass is 470 g/mol. The van der Waals surface area contributed by atoms with Crippen LogP contribution in [0.15, 0.2) is 78.9 Å². The molecule has 7 nitrogen and oxygen atoms in total. The third-order valence-electron chi connectivity index (χ3n) is 6.98. The van der Waals surface area contributed by atoms with Crippen LogP contribution in [-0.2, 0) is 14.3 Å². The molecule has 1 saturated carbocycles. The molecule has 0 bridgehead atoms. The normalized spacial score (nSPS) is 16.2. The van der Waals surface area contributed by atoms with Crippen molar-refractivity contribution in [2.24, 2.45) is 0 Å². The highest BCUT2D eigenvalue weighted by atomic mass is 16.5. The Bertz CT molecular complexity index is 1220. The van der Waals surface area contributed by atoms with Crippen LogP contribution in [0, 0.1) is 0 Å². The van der Waals surface area contributed by atoms with Crippen LogP contribution in [0.5, 0.6) is 0 Å². The van der Waals surface area contributed by atoms with Gasteiger partial charge in [0, 0.05) is 5.92 Å². The molecule has 0 aliphatic heterocycles. The lowest BCUT2D eigenvalue weighted by Gasteiger charge is -2.39. The van der Waals surface area contributed by atoms with Gasteiger partial charge in [-0.2, -0.15) is 0 Å². The van der Waals surface area contributed by atoms with Gasteiger partial charge in [0.1, 0.15) is 18.2 Å². The zero-order valence-corrected chi connectivity index (χ0v) is 19.1. The molecule has 3 aromatic carbocycles. The van der Waals surface area contributed by atoms with Crippen molar-refractivity contribution in [1.82, 2.24) is 10.6 Å². The van der Waals surface area contributed by atoms with Crippen LogP contribution in [0.4, 0.5) is 4.79 Å². The topological polar surface area (TPSA) is 105 Å². The van der Waals surface area contributed by atoms with Crippen molar-refractivity contribution in [3.8, 4) is 11.1 Å². The number of aliphatic carboxylic acids is 1. The molecule has 2 amide bonds. The summed E-state index contributed by atoms with van der Waals surface area (Å²) < 4.78 is 5.61. The summed E-state index contributed by atoms with van der Waals surface area (Å²) in [6.45, 7) is 0.113. The maximum absolute atomic E-state index is 13.1. The molecule has 2 aliphatic carbocycles. The largest absolute Gasteiger partial charge is 0.480 e. The molecule has 3 aromatic rings. The van der Waals surface area contributed by atoms with Crippen LogP contribution < -0.4 is 10.6 Å². The van der Waals surface area contributed by atoms with Gasteiger partial charge in [-0.25, -0.2) is 9.59 Å². The van der Waals surface area contributed by atoms with Crippen LogP contribution in [0.25, 0.3) is 11.1 Å². The molecule has 0 aromatic heterocycles. The van der Waals surface area contributed by atoms with Gasteiger partial charge in [-0.3, -0.25) is 4.79 Å². The summed E-state index contributed by atoms with van der Waals surface area (Å²) in [7, 11) is 0. The summed E-state index contributed by atoms with van der Waals surface area (Å²) in [6.07, 6.45) is 0.706. The first-order valence-corrected chi connectivity index (χ1v) is 11.7. The molecule has 7 heteroatoms. The van der Waals surface area contributed by atoms with E-state index in [-0.39, 0.29) is 12.5 Å². The molecular weight excluding hydrogens is 444 g/mol. The molecular formula is C28H26N2O5. The number of amides is 2. The first kappa shape index (κ1) is 22.7. The number of ether oxygens (including phenoxy) is 1. The van der Waals surface area contributed by atoms with Crippen molar-refractivity contribution in [3.05, 3.63) is 95.6 Å². The summed E-state index contributed by atoms with van der Waals surface area (Å²) >= 11 is 0. The van der Waals surface area contributed by atoms with Crippen LogP contribution in [0.3, 0.4) is 0 Å². The van der Waals surface area contributed by atoms with Gasteiger partial charge < -0.3 is 20.5 Å². The highest BCUT2D eigenvalue weighted by Crippen LogP contribution is 2.44. The number of fused-ring (bicyclic) bond motifs is 3. The number of alkyl carbamates (subject to hydrolysis) is 1. The molecule has 0 saturated heterocycles. The summed E-state index contributed by atoms with van der Waals surface area (Å²) in [4.78, 5) is 37.7. The van der Waals surface area contributed by atoms with Gasteiger partial charge in [0.15, 0.2) is 0 Å². The van der Waals surface area contributed by atoms with E-state index in [0.717, 1.165) is 28.7 Å². The van der Waals surface area contributed by atoms with Gasteiger partial charge >= 0.3 is 12.1 Å². The Labute approximate surface area is 203 Å². The highest BCUT2D eigenvalue weighted by Gasteiger charge is 2.46. The number of carboxylic acids is 1. The number of carboxylic acid groups (broad SMARTS) is 1. The van der Waals surface area contributed by atoms with Crippen LogP contribution >= 0.6 is 0 Å². The average Bonchev–Trinajstić information content (AvgIpc) is 3.17. The summed E-state index contributed by atoms with van der Waals surface area (Å²) in [5.41, 5.74) is 3.68. The first-order valence-electron chi connectivity index (χ1n) is 11.7. The number of nitrogens with one attached hydrogen (secondary N) is 2. The first-order chi connectivity index (χ1) is 17.0. The number of rotatable bonds is 7. The van der Waals surface area contributed by atoms with Crippen molar-refractivity contribution in [2.75, 3.05) is 6.61 Å². The molecule has 2 aliphatic rings. The lowest BCUT2D eigenvalue weighted by molar-refractivity contribution is -0.152. The lowest BCUT2D eigenvalue weighted by atomic mass is 9.76. The lowest BCUT2D eigenvalue weighted by Crippen LogP contribution is -2.61. The van der Waals surface area contributed by atoms with Crippen molar-refractivity contribution in [3.63, 3.8) is 0 Å². The molecule has 1 fully saturated rings. The molecule has 0 heterocycles. The molecule has 0 radical (unpaired) electrons. The van der Waals surface area contributed by atoms with Crippen molar-refractivity contribution in [1.29, 1.82) is 0 Å². The molecule has 5 rings (SSSR count). The number of hydrogen-bond acceptors (Lipinski definition) is 4. The molecule has 3 N–H and O–H groups in total. The van der Waals surface area contributed by atoms with Gasteiger partial charge in [0.25, 0.3) is 0 Å². The quantitative estimate of drug-likeness (QED) is 0.475. The summed E-state index contributed by atoms with van der Waals surface area (Å²) in [5.74, 6) is -1.75. The van der Waals surface area contributed by atoms with Gasteiger partial charge in [0.05, 0.1) is 0 Å². The standard InChI is InChI=1S/C28H26N2O5/c31-25(30-28(26(32)33)15-8-16-28)24(18-9-2-1-3-10-18)29-27(34)35-17-23-21-13-6-4-11-19(21)20-12-5-7-14-22(20)23/h1-7,9-14,23-24H,8,15-17H2,(H,29,34)(H,30,31)(H,32,33)/t24-/m0/s1. The van der Waals surface area contributed by atoms with Crippen molar-refractivity contribution >= 4 is 18.0 Å². The van der Waals surface area contributed by atoms with Gasteiger partial charge in [-0.15, -0.1) is 0 Å². The van der Waals surface area contributed by atoms with Crippen molar-refractivity contribution < 1.29 is 24.2 Å². The summed E-state index contributed by atoms with van der Waals surface area (Å²) in [5, 5.41) is 14.9. The predicted octanol–water partition coefficient (Wildman–Crippen LogP) is 4.39. The van der Waals surface area contributed by atoms with Crippen LogP contribution in [0.1, 0.15) is 47.9 Å². The number of benzene rings is 3. The van der Waals surface area contributed by atoms with Gasteiger partial charge in [-0.05, 0) is 47.1 Å². The molecule has 0 unspecified atom stereocenters. The predicted molar refractivity (Wildman–Crippen MR) is 130 cm³/mol. The fraction of sp³-hybridized carbons (Fsp3) is 0.250. The molecule has 35 heavy (non-hydrogen) atoms. The van der Waals surface area contributed by atoms with E-state index in [1.54, 1.807) is 30.3 Å². The third-order valence-corrected chi connectivity index (χ3v) is 6.98. The molecule has 178 valence electrons. The SMILES string of the molecule is O=C(N[C@H](C(=O)NC1(C(=O)O)CCC1)c1ccccc1)OCC1c2ccccc2-c2ccccc21. The minimum atomic E-state index is -1.28. The zero-order chi connectivity index (χ0) is 24.4. The second kappa shape index (κ2) is 9.25. The number of hydrogen-bond donors (Lipinski definition) is 3. The number of carbonyl (C=O) groups excluding carboxylic acids is 2. The Morgan fingerprint density at radius 2 is 1.46 bits per heavy atom. The smallest absolute Gasteiger partial charge is 0.408 e. The second-order valence-electron chi connectivity index (χ2n) is 9.04. The highest BCUT2D eigenvalue weighted by molar-refractivity contribution is 5.92.